The summed E-state index contributed by atoms with van der Waals surface area (Å²) in [4.78, 5) is 11.3. The zero-order valence-electron chi connectivity index (χ0n) is 12.6. The number of unbranched alkanes of at least 4 members (excludes halogenated alkanes) is 6. The zero-order chi connectivity index (χ0) is 13.6. The minimum atomic E-state index is 0.150. The van der Waals surface area contributed by atoms with Crippen LogP contribution in [0.5, 0.6) is 0 Å². The average Bonchev–Trinajstić information content (AvgIpc) is 2.30. The summed E-state index contributed by atoms with van der Waals surface area (Å²) >= 11 is 0. The summed E-state index contributed by atoms with van der Waals surface area (Å²) in [6.07, 6.45) is 9.96. The summed E-state index contributed by atoms with van der Waals surface area (Å²) in [6.45, 7) is 8.07. The van der Waals surface area contributed by atoms with Gasteiger partial charge in [-0.2, -0.15) is 0 Å². The van der Waals surface area contributed by atoms with Gasteiger partial charge in [-0.05, 0) is 26.8 Å². The summed E-state index contributed by atoms with van der Waals surface area (Å²) in [5, 5.41) is 6.23. The van der Waals surface area contributed by atoms with Gasteiger partial charge in [0.05, 0.1) is 0 Å². The van der Waals surface area contributed by atoms with Gasteiger partial charge in [0.15, 0.2) is 0 Å². The first kappa shape index (κ1) is 17.4. The zero-order valence-corrected chi connectivity index (χ0v) is 12.6. The van der Waals surface area contributed by atoms with Crippen LogP contribution in [-0.4, -0.2) is 25.0 Å². The van der Waals surface area contributed by atoms with Gasteiger partial charge < -0.3 is 10.6 Å². The minimum Gasteiger partial charge on any atom is -0.354 e. The SMILES string of the molecule is CCCCCCCCCNCCC(=O)NC(C)C. The molecule has 0 aliphatic carbocycles. The van der Waals surface area contributed by atoms with Crippen molar-refractivity contribution in [2.24, 2.45) is 0 Å². The van der Waals surface area contributed by atoms with E-state index in [0.29, 0.717) is 6.42 Å². The lowest BCUT2D eigenvalue weighted by Gasteiger charge is -2.08. The monoisotopic (exact) mass is 256 g/mol. The number of amides is 1. The van der Waals surface area contributed by atoms with Gasteiger partial charge in [-0.15, -0.1) is 0 Å². The Bertz CT molecular complexity index is 193. The van der Waals surface area contributed by atoms with Crippen LogP contribution >= 0.6 is 0 Å². The maximum atomic E-state index is 11.3. The summed E-state index contributed by atoms with van der Waals surface area (Å²) in [5.41, 5.74) is 0. The molecule has 0 aromatic carbocycles. The van der Waals surface area contributed by atoms with Crippen LogP contribution in [0.15, 0.2) is 0 Å². The van der Waals surface area contributed by atoms with Gasteiger partial charge in [-0.1, -0.05) is 45.4 Å². The number of hydrogen-bond donors (Lipinski definition) is 2. The van der Waals surface area contributed by atoms with Crippen molar-refractivity contribution in [2.45, 2.75) is 78.2 Å². The third-order valence-electron chi connectivity index (χ3n) is 2.94. The lowest BCUT2D eigenvalue weighted by Crippen LogP contribution is -2.32. The lowest BCUT2D eigenvalue weighted by molar-refractivity contribution is -0.121. The number of rotatable bonds is 12. The van der Waals surface area contributed by atoms with Crippen LogP contribution in [0.2, 0.25) is 0 Å². The van der Waals surface area contributed by atoms with Crippen molar-refractivity contribution in [1.29, 1.82) is 0 Å². The standard InChI is InChI=1S/C15H32N2O/c1-4-5-6-7-8-9-10-12-16-13-11-15(18)17-14(2)3/h14,16H,4-13H2,1-3H3,(H,17,18). The van der Waals surface area contributed by atoms with Crippen molar-refractivity contribution in [2.75, 3.05) is 13.1 Å². The van der Waals surface area contributed by atoms with Gasteiger partial charge in [0.25, 0.3) is 0 Å². The predicted molar refractivity (Wildman–Crippen MR) is 78.8 cm³/mol. The normalized spacial score (nSPS) is 10.9. The summed E-state index contributed by atoms with van der Waals surface area (Å²) in [6, 6.07) is 0.251. The third kappa shape index (κ3) is 13.5. The van der Waals surface area contributed by atoms with Crippen LogP contribution in [0.25, 0.3) is 0 Å². The molecule has 0 heterocycles. The third-order valence-corrected chi connectivity index (χ3v) is 2.94. The van der Waals surface area contributed by atoms with Crippen molar-refractivity contribution in [3.63, 3.8) is 0 Å². The van der Waals surface area contributed by atoms with E-state index in [1.54, 1.807) is 0 Å². The van der Waals surface area contributed by atoms with Gasteiger partial charge in [0.2, 0.25) is 5.91 Å². The highest BCUT2D eigenvalue weighted by atomic mass is 16.1. The Morgan fingerprint density at radius 1 is 0.944 bits per heavy atom. The smallest absolute Gasteiger partial charge is 0.221 e. The molecule has 0 bridgehead atoms. The molecule has 0 unspecified atom stereocenters. The Morgan fingerprint density at radius 2 is 1.56 bits per heavy atom. The molecule has 0 aliphatic rings. The maximum Gasteiger partial charge on any atom is 0.221 e. The highest BCUT2D eigenvalue weighted by Crippen LogP contribution is 2.06. The number of nitrogens with one attached hydrogen (secondary N) is 2. The van der Waals surface area contributed by atoms with Gasteiger partial charge in [-0.25, -0.2) is 0 Å². The summed E-state index contributed by atoms with van der Waals surface area (Å²) < 4.78 is 0. The van der Waals surface area contributed by atoms with Crippen LogP contribution < -0.4 is 10.6 Å². The predicted octanol–water partition coefficient (Wildman–Crippen LogP) is 3.24. The van der Waals surface area contributed by atoms with Crippen molar-refractivity contribution in [1.82, 2.24) is 10.6 Å². The molecule has 0 rings (SSSR count). The van der Waals surface area contributed by atoms with Gasteiger partial charge >= 0.3 is 0 Å². The van der Waals surface area contributed by atoms with Crippen LogP contribution in [0, 0.1) is 0 Å². The molecule has 108 valence electrons. The van der Waals surface area contributed by atoms with E-state index >= 15 is 0 Å². The Kier molecular flexibility index (Phi) is 12.5. The molecular weight excluding hydrogens is 224 g/mol. The first-order valence-corrected chi connectivity index (χ1v) is 7.67. The van der Waals surface area contributed by atoms with Crippen LogP contribution in [0.4, 0.5) is 0 Å². The maximum absolute atomic E-state index is 11.3. The first-order valence-electron chi connectivity index (χ1n) is 7.67. The second-order valence-electron chi connectivity index (χ2n) is 5.34. The fourth-order valence-corrected chi connectivity index (χ4v) is 1.93. The molecular formula is C15H32N2O. The molecule has 0 radical (unpaired) electrons. The van der Waals surface area contributed by atoms with Crippen molar-refractivity contribution < 1.29 is 4.79 Å². The first-order chi connectivity index (χ1) is 8.66. The summed E-state index contributed by atoms with van der Waals surface area (Å²) in [5.74, 6) is 0.150. The van der Waals surface area contributed by atoms with Crippen LogP contribution in [0.3, 0.4) is 0 Å². The molecule has 2 N–H and O–H groups in total. The molecule has 0 aromatic rings. The molecule has 0 spiro atoms. The molecule has 3 heteroatoms. The van der Waals surface area contributed by atoms with Crippen molar-refractivity contribution in [3.05, 3.63) is 0 Å². The largest absolute Gasteiger partial charge is 0.354 e. The van der Waals surface area contributed by atoms with E-state index in [0.717, 1.165) is 13.1 Å². The van der Waals surface area contributed by atoms with E-state index in [9.17, 15) is 4.79 Å². The molecule has 0 aromatic heterocycles. The lowest BCUT2D eigenvalue weighted by atomic mass is 10.1. The number of hydrogen-bond acceptors (Lipinski definition) is 2. The Labute approximate surface area is 113 Å². The molecule has 0 fully saturated rings. The Morgan fingerprint density at radius 3 is 2.17 bits per heavy atom. The molecule has 0 aliphatic heterocycles. The molecule has 1 amide bonds. The quantitative estimate of drug-likeness (QED) is 0.526. The van der Waals surface area contributed by atoms with Gasteiger partial charge in [0.1, 0.15) is 0 Å². The number of carbonyl (C=O) groups is 1. The van der Waals surface area contributed by atoms with E-state index in [1.807, 2.05) is 13.8 Å². The molecule has 0 saturated heterocycles. The topological polar surface area (TPSA) is 41.1 Å². The fraction of sp³-hybridized carbons (Fsp3) is 0.933. The van der Waals surface area contributed by atoms with E-state index in [4.69, 9.17) is 0 Å². The van der Waals surface area contributed by atoms with Gasteiger partial charge in [-0.3, -0.25) is 4.79 Å². The molecule has 18 heavy (non-hydrogen) atoms. The van der Waals surface area contributed by atoms with Crippen LogP contribution in [-0.2, 0) is 4.79 Å². The Balaban J connectivity index is 3.09. The van der Waals surface area contributed by atoms with Crippen molar-refractivity contribution in [3.8, 4) is 0 Å². The second-order valence-corrected chi connectivity index (χ2v) is 5.34. The Hall–Kier alpha value is -0.570. The summed E-state index contributed by atoms with van der Waals surface area (Å²) in [7, 11) is 0. The number of carbonyl (C=O) groups excluding carboxylic acids is 1. The fourth-order valence-electron chi connectivity index (χ4n) is 1.93. The highest BCUT2D eigenvalue weighted by Gasteiger charge is 2.01. The van der Waals surface area contributed by atoms with Crippen LogP contribution in [0.1, 0.15) is 72.1 Å². The highest BCUT2D eigenvalue weighted by molar-refractivity contribution is 5.76. The average molecular weight is 256 g/mol. The van der Waals surface area contributed by atoms with E-state index in [2.05, 4.69) is 17.6 Å². The van der Waals surface area contributed by atoms with E-state index in [1.165, 1.54) is 44.9 Å². The van der Waals surface area contributed by atoms with Gasteiger partial charge in [0, 0.05) is 19.0 Å². The van der Waals surface area contributed by atoms with Crippen molar-refractivity contribution >= 4 is 5.91 Å². The minimum absolute atomic E-state index is 0.150. The second kappa shape index (κ2) is 12.9. The molecule has 3 nitrogen and oxygen atoms in total. The van der Waals surface area contributed by atoms with E-state index in [-0.39, 0.29) is 11.9 Å². The molecule has 0 saturated carbocycles. The van der Waals surface area contributed by atoms with E-state index < -0.39 is 0 Å². The molecule has 0 atom stereocenters.